The Morgan fingerprint density at radius 3 is 2.84 bits per heavy atom. The van der Waals surface area contributed by atoms with E-state index in [1.807, 2.05) is 12.1 Å². The number of nitrogens with zero attached hydrogens (tertiary/aromatic N) is 3. The fraction of sp³-hybridized carbons (Fsp3) is 0.200. The molecule has 0 fully saturated rings. The molecule has 0 radical (unpaired) electrons. The molecular formula is C15H14ClN3. The predicted octanol–water partition coefficient (Wildman–Crippen LogP) is 3.72. The van der Waals surface area contributed by atoms with Gasteiger partial charge >= 0.3 is 0 Å². The van der Waals surface area contributed by atoms with Crippen molar-refractivity contribution in [1.29, 1.82) is 0 Å². The minimum absolute atomic E-state index is 0.382. The lowest BCUT2D eigenvalue weighted by Gasteiger charge is -2.12. The summed E-state index contributed by atoms with van der Waals surface area (Å²) in [4.78, 5) is 8.67. The zero-order valence-electron chi connectivity index (χ0n) is 10.7. The first kappa shape index (κ1) is 12.2. The Balaban J connectivity index is 2.34. The molecule has 0 N–H and O–H groups in total. The second-order valence-electron chi connectivity index (χ2n) is 4.34. The molecule has 2 aromatic heterocycles. The molecule has 19 heavy (non-hydrogen) atoms. The van der Waals surface area contributed by atoms with Gasteiger partial charge in [-0.25, -0.2) is 4.98 Å². The maximum Gasteiger partial charge on any atom is 0.129 e. The standard InChI is InChI=1S/C15H14ClN3/c1-2-11-5-3-4-6-13(11)19-14-7-8-17-10-12(14)18-15(19)9-16/h3-8,10H,2,9H2,1H3. The van der Waals surface area contributed by atoms with Crippen LogP contribution in [0.5, 0.6) is 0 Å². The van der Waals surface area contributed by atoms with Crippen molar-refractivity contribution in [2.45, 2.75) is 19.2 Å². The molecule has 0 spiro atoms. The molecule has 3 rings (SSSR count). The quantitative estimate of drug-likeness (QED) is 0.680. The molecule has 0 saturated heterocycles. The summed E-state index contributed by atoms with van der Waals surface area (Å²) >= 11 is 6.05. The van der Waals surface area contributed by atoms with Gasteiger partial charge in [0.15, 0.2) is 0 Å². The van der Waals surface area contributed by atoms with Crippen LogP contribution in [0.3, 0.4) is 0 Å². The molecule has 4 heteroatoms. The van der Waals surface area contributed by atoms with Gasteiger partial charge in [-0.1, -0.05) is 25.1 Å². The van der Waals surface area contributed by atoms with Crippen molar-refractivity contribution < 1.29 is 0 Å². The number of pyridine rings is 1. The molecule has 0 amide bonds. The summed E-state index contributed by atoms with van der Waals surface area (Å²) in [6.07, 6.45) is 4.53. The minimum Gasteiger partial charge on any atom is -0.295 e. The summed E-state index contributed by atoms with van der Waals surface area (Å²) < 4.78 is 2.13. The lowest BCUT2D eigenvalue weighted by atomic mass is 10.1. The first-order chi connectivity index (χ1) is 9.35. The minimum atomic E-state index is 0.382. The van der Waals surface area contributed by atoms with Crippen LogP contribution in [0.4, 0.5) is 0 Å². The monoisotopic (exact) mass is 271 g/mol. The van der Waals surface area contributed by atoms with E-state index in [9.17, 15) is 0 Å². The number of halogens is 1. The van der Waals surface area contributed by atoms with E-state index < -0.39 is 0 Å². The SMILES string of the molecule is CCc1ccccc1-n1c(CCl)nc2cnccc21. The van der Waals surface area contributed by atoms with Gasteiger partial charge in [-0.3, -0.25) is 9.55 Å². The normalized spacial score (nSPS) is 11.1. The summed E-state index contributed by atoms with van der Waals surface area (Å²) in [6, 6.07) is 10.3. The van der Waals surface area contributed by atoms with E-state index in [-0.39, 0.29) is 0 Å². The van der Waals surface area contributed by atoms with Gasteiger partial charge in [0.2, 0.25) is 0 Å². The van der Waals surface area contributed by atoms with Crippen molar-refractivity contribution in [1.82, 2.24) is 14.5 Å². The predicted molar refractivity (Wildman–Crippen MR) is 77.8 cm³/mol. The number of alkyl halides is 1. The Morgan fingerprint density at radius 2 is 2.05 bits per heavy atom. The second kappa shape index (κ2) is 5.02. The van der Waals surface area contributed by atoms with Crippen LogP contribution < -0.4 is 0 Å². The summed E-state index contributed by atoms with van der Waals surface area (Å²) in [7, 11) is 0. The lowest BCUT2D eigenvalue weighted by Crippen LogP contribution is -2.02. The van der Waals surface area contributed by atoms with Crippen LogP contribution in [-0.2, 0) is 12.3 Å². The first-order valence-electron chi connectivity index (χ1n) is 6.30. The van der Waals surface area contributed by atoms with E-state index in [1.54, 1.807) is 12.4 Å². The van der Waals surface area contributed by atoms with E-state index in [0.717, 1.165) is 29.0 Å². The van der Waals surface area contributed by atoms with Gasteiger partial charge < -0.3 is 0 Å². The number of rotatable bonds is 3. The average Bonchev–Trinajstić information content (AvgIpc) is 2.85. The Morgan fingerprint density at radius 1 is 1.21 bits per heavy atom. The summed E-state index contributed by atoms with van der Waals surface area (Å²) in [5.74, 6) is 1.23. The molecule has 0 bridgehead atoms. The van der Waals surface area contributed by atoms with E-state index in [1.165, 1.54) is 5.56 Å². The molecule has 0 aliphatic carbocycles. The number of fused-ring (bicyclic) bond motifs is 1. The number of aromatic nitrogens is 3. The van der Waals surface area contributed by atoms with Crippen LogP contribution in [0, 0.1) is 0 Å². The number of benzene rings is 1. The molecule has 0 unspecified atom stereocenters. The maximum atomic E-state index is 6.05. The highest BCUT2D eigenvalue weighted by molar-refractivity contribution is 6.17. The molecule has 0 saturated carbocycles. The van der Waals surface area contributed by atoms with Crippen molar-refractivity contribution >= 4 is 22.6 Å². The first-order valence-corrected chi connectivity index (χ1v) is 6.84. The average molecular weight is 272 g/mol. The number of imidazole rings is 1. The van der Waals surface area contributed by atoms with Gasteiger partial charge in [0.05, 0.1) is 23.3 Å². The fourth-order valence-electron chi connectivity index (χ4n) is 2.37. The van der Waals surface area contributed by atoms with Crippen LogP contribution in [0.2, 0.25) is 0 Å². The number of hydrogen-bond donors (Lipinski definition) is 0. The third-order valence-corrected chi connectivity index (χ3v) is 3.50. The van der Waals surface area contributed by atoms with Crippen LogP contribution in [0.25, 0.3) is 16.7 Å². The van der Waals surface area contributed by atoms with Crippen LogP contribution in [0.1, 0.15) is 18.3 Å². The molecule has 3 aromatic rings. The summed E-state index contributed by atoms with van der Waals surface area (Å²) in [5.41, 5.74) is 4.36. The van der Waals surface area contributed by atoms with E-state index in [4.69, 9.17) is 11.6 Å². The van der Waals surface area contributed by atoms with E-state index in [0.29, 0.717) is 5.88 Å². The lowest BCUT2D eigenvalue weighted by molar-refractivity contribution is 0.955. The highest BCUT2D eigenvalue weighted by Gasteiger charge is 2.13. The van der Waals surface area contributed by atoms with Crippen molar-refractivity contribution in [3.8, 4) is 5.69 Å². The Bertz CT molecular complexity index is 718. The number of para-hydroxylation sites is 1. The Labute approximate surface area is 116 Å². The molecule has 0 atom stereocenters. The topological polar surface area (TPSA) is 30.7 Å². The molecule has 0 aliphatic heterocycles. The van der Waals surface area contributed by atoms with Crippen LogP contribution in [-0.4, -0.2) is 14.5 Å². The Kier molecular flexibility index (Phi) is 3.22. The number of aryl methyl sites for hydroxylation is 1. The third-order valence-electron chi connectivity index (χ3n) is 3.26. The second-order valence-corrected chi connectivity index (χ2v) is 4.61. The molecular weight excluding hydrogens is 258 g/mol. The van der Waals surface area contributed by atoms with Gasteiger partial charge in [0, 0.05) is 6.20 Å². The molecule has 96 valence electrons. The van der Waals surface area contributed by atoms with Crippen LogP contribution >= 0.6 is 11.6 Å². The molecule has 1 aromatic carbocycles. The molecule has 2 heterocycles. The zero-order chi connectivity index (χ0) is 13.2. The molecule has 0 aliphatic rings. The van der Waals surface area contributed by atoms with Crippen molar-refractivity contribution in [2.24, 2.45) is 0 Å². The van der Waals surface area contributed by atoms with Gasteiger partial charge in [-0.05, 0) is 24.1 Å². The van der Waals surface area contributed by atoms with Gasteiger partial charge in [-0.15, -0.1) is 11.6 Å². The maximum absolute atomic E-state index is 6.05. The summed E-state index contributed by atoms with van der Waals surface area (Å²) in [6.45, 7) is 2.15. The van der Waals surface area contributed by atoms with E-state index in [2.05, 4.69) is 39.7 Å². The van der Waals surface area contributed by atoms with E-state index >= 15 is 0 Å². The number of hydrogen-bond acceptors (Lipinski definition) is 2. The largest absolute Gasteiger partial charge is 0.295 e. The fourth-order valence-corrected chi connectivity index (χ4v) is 2.55. The van der Waals surface area contributed by atoms with Gasteiger partial charge in [-0.2, -0.15) is 0 Å². The smallest absolute Gasteiger partial charge is 0.129 e. The zero-order valence-corrected chi connectivity index (χ0v) is 11.4. The summed E-state index contributed by atoms with van der Waals surface area (Å²) in [5, 5.41) is 0. The highest BCUT2D eigenvalue weighted by Crippen LogP contribution is 2.24. The van der Waals surface area contributed by atoms with Crippen molar-refractivity contribution in [2.75, 3.05) is 0 Å². The van der Waals surface area contributed by atoms with Gasteiger partial charge in [0.25, 0.3) is 0 Å². The Hall–Kier alpha value is -1.87. The third kappa shape index (κ3) is 2.00. The van der Waals surface area contributed by atoms with Crippen LogP contribution in [0.15, 0.2) is 42.7 Å². The molecule has 3 nitrogen and oxygen atoms in total. The van der Waals surface area contributed by atoms with Gasteiger partial charge in [0.1, 0.15) is 11.3 Å². The van der Waals surface area contributed by atoms with Crippen molar-refractivity contribution in [3.63, 3.8) is 0 Å². The highest BCUT2D eigenvalue weighted by atomic mass is 35.5. The van der Waals surface area contributed by atoms with Crippen molar-refractivity contribution in [3.05, 3.63) is 54.1 Å².